The van der Waals surface area contributed by atoms with Gasteiger partial charge < -0.3 is 20.5 Å². The summed E-state index contributed by atoms with van der Waals surface area (Å²) in [4.78, 5) is 22.7. The van der Waals surface area contributed by atoms with Gasteiger partial charge in [0.05, 0.1) is 9.52 Å². The Labute approximate surface area is 193 Å². The van der Waals surface area contributed by atoms with Crippen LogP contribution in [0.3, 0.4) is 0 Å². The van der Waals surface area contributed by atoms with Gasteiger partial charge >= 0.3 is 33.3 Å². The Morgan fingerprint density at radius 2 is 1.00 bits per heavy atom. The number of allylic oxidation sites excluding steroid dienone is 12. The molecule has 0 amide bonds. The molecule has 0 unspecified atom stereocenters. The van der Waals surface area contributed by atoms with E-state index in [9.17, 15) is 20.2 Å². The Morgan fingerprint density at radius 1 is 0.645 bits per heavy atom. The standard InChI is InChI=1S/2C10H8N2O2.2ClH.Mn/c2*13-11-7-3-1-5-9(11)10-6-2-4-8-12(10)14;;;/h2*1-8H;2*1H;/q;;;;+2/p-2. The summed E-state index contributed by atoms with van der Waals surface area (Å²) in [6.45, 7) is 0. The SMILES string of the molecule is O=[N+]1C=CC=CC1=C1C=CC=CN1[O-].O=[N+]1C=CC=CC1=C1C=CC=CN1[O-].[Cl][Mn][Cl]. The monoisotopic (exact) mass is 501 g/mol. The van der Waals surface area contributed by atoms with Crippen molar-refractivity contribution in [3.63, 3.8) is 0 Å². The molecule has 4 aliphatic rings. The maximum atomic E-state index is 11.3. The summed E-state index contributed by atoms with van der Waals surface area (Å²) < 4.78 is 1.34. The first-order chi connectivity index (χ1) is 15.0. The predicted octanol–water partition coefficient (Wildman–Crippen LogP) is 5.26. The number of halogens is 2. The van der Waals surface area contributed by atoms with Crippen molar-refractivity contribution in [2.45, 2.75) is 0 Å². The third kappa shape index (κ3) is 7.15. The molecular weight excluding hydrogens is 486 g/mol. The van der Waals surface area contributed by atoms with Gasteiger partial charge in [0.1, 0.15) is 11.4 Å². The molecule has 0 aromatic carbocycles. The number of nitroso groups, excluding NO2 is 2. The summed E-state index contributed by atoms with van der Waals surface area (Å²) in [5.74, 6) is 0. The van der Waals surface area contributed by atoms with Crippen LogP contribution in [0.1, 0.15) is 0 Å². The Hall–Kier alpha value is -2.78. The van der Waals surface area contributed by atoms with Gasteiger partial charge in [-0.1, -0.05) is 12.2 Å². The molecular formula is C20H16Cl2MnN4O4. The Morgan fingerprint density at radius 3 is 1.32 bits per heavy atom. The zero-order chi connectivity index (χ0) is 22.6. The van der Waals surface area contributed by atoms with Crippen LogP contribution in [0, 0.1) is 20.2 Å². The van der Waals surface area contributed by atoms with E-state index in [1.165, 1.54) is 24.8 Å². The van der Waals surface area contributed by atoms with Gasteiger partial charge in [0, 0.05) is 34.1 Å². The molecule has 8 nitrogen and oxygen atoms in total. The van der Waals surface area contributed by atoms with Crippen LogP contribution in [0.2, 0.25) is 0 Å². The predicted molar refractivity (Wildman–Crippen MR) is 117 cm³/mol. The molecule has 0 fully saturated rings. The van der Waals surface area contributed by atoms with Crippen molar-refractivity contribution in [3.05, 3.63) is 141 Å². The third-order valence-electron chi connectivity index (χ3n) is 3.82. The van der Waals surface area contributed by atoms with Crippen LogP contribution < -0.4 is 0 Å². The quantitative estimate of drug-likeness (QED) is 0.331. The van der Waals surface area contributed by atoms with Gasteiger partial charge in [-0.05, 0) is 48.9 Å². The summed E-state index contributed by atoms with van der Waals surface area (Å²) >= 11 is 0.00694. The fourth-order valence-electron chi connectivity index (χ4n) is 2.51. The van der Waals surface area contributed by atoms with Gasteiger partial charge in [0.25, 0.3) is 11.4 Å². The van der Waals surface area contributed by atoms with Crippen molar-refractivity contribution < 1.29 is 22.7 Å². The van der Waals surface area contributed by atoms with E-state index in [4.69, 9.17) is 20.2 Å². The van der Waals surface area contributed by atoms with Crippen LogP contribution in [0.5, 0.6) is 0 Å². The van der Waals surface area contributed by atoms with Crippen molar-refractivity contribution in [2.24, 2.45) is 0 Å². The summed E-state index contributed by atoms with van der Waals surface area (Å²) in [5.41, 5.74) is 1.40. The van der Waals surface area contributed by atoms with Crippen molar-refractivity contribution >= 4 is 20.2 Å². The molecule has 0 atom stereocenters. The van der Waals surface area contributed by atoms with E-state index in [0.717, 1.165) is 0 Å². The molecule has 11 heteroatoms. The van der Waals surface area contributed by atoms with E-state index in [2.05, 4.69) is 0 Å². The van der Waals surface area contributed by atoms with Crippen molar-refractivity contribution in [2.75, 3.05) is 0 Å². The van der Waals surface area contributed by atoms with Crippen LogP contribution in [0.15, 0.2) is 121 Å². The second-order valence-corrected chi connectivity index (χ2v) is 7.65. The van der Waals surface area contributed by atoms with Crippen LogP contribution in [-0.4, -0.2) is 19.6 Å². The average molecular weight is 502 g/mol. The third-order valence-corrected chi connectivity index (χ3v) is 3.82. The van der Waals surface area contributed by atoms with Crippen molar-refractivity contribution in [1.82, 2.24) is 10.1 Å². The topological polar surface area (TPSA) is 92.8 Å². The van der Waals surface area contributed by atoms with E-state index < -0.39 is 0 Å². The molecule has 0 saturated heterocycles. The van der Waals surface area contributed by atoms with Crippen LogP contribution >= 0.6 is 20.2 Å². The number of hydrogen-bond donors (Lipinski definition) is 0. The average Bonchev–Trinajstić information content (AvgIpc) is 2.77. The van der Waals surface area contributed by atoms with Crippen LogP contribution in [0.25, 0.3) is 0 Å². The molecule has 31 heavy (non-hydrogen) atoms. The summed E-state index contributed by atoms with van der Waals surface area (Å²) in [5, 5.41) is 24.0. The first-order valence-electron chi connectivity index (χ1n) is 8.60. The fraction of sp³-hybridized carbons (Fsp3) is 0. The molecule has 0 radical (unpaired) electrons. The number of hydroxylamine groups is 4. The van der Waals surface area contributed by atoms with Crippen LogP contribution in [0.4, 0.5) is 0 Å². The molecule has 0 bridgehead atoms. The molecule has 161 valence electrons. The minimum absolute atomic E-state index is 0.00694. The Kier molecular flexibility index (Phi) is 10.1. The molecule has 0 aromatic rings. The maximum absolute atomic E-state index is 11.3. The summed E-state index contributed by atoms with van der Waals surface area (Å²) in [6, 6.07) is 0. The molecule has 4 heterocycles. The zero-order valence-corrected chi connectivity index (χ0v) is 18.5. The normalized spacial score (nSPS) is 23.1. The molecule has 4 rings (SSSR count). The molecule has 4 aliphatic heterocycles. The van der Waals surface area contributed by atoms with Crippen molar-refractivity contribution in [1.29, 1.82) is 0 Å². The first-order valence-corrected chi connectivity index (χ1v) is 11.8. The van der Waals surface area contributed by atoms with Gasteiger partial charge in [-0.3, -0.25) is 0 Å². The molecule has 0 aliphatic carbocycles. The number of rotatable bonds is 0. The molecule has 0 saturated carbocycles. The Balaban J connectivity index is 0.000000196. The van der Waals surface area contributed by atoms with E-state index in [0.29, 0.717) is 42.4 Å². The molecule has 0 aromatic heterocycles. The van der Waals surface area contributed by atoms with Gasteiger partial charge in [-0.2, -0.15) is 0 Å². The van der Waals surface area contributed by atoms with E-state index in [1.807, 2.05) is 0 Å². The molecule has 0 N–H and O–H groups in total. The van der Waals surface area contributed by atoms with Gasteiger partial charge in [-0.25, -0.2) is 0 Å². The number of nitrogens with zero attached hydrogens (tertiary/aromatic N) is 4. The fourth-order valence-corrected chi connectivity index (χ4v) is 2.51. The van der Waals surface area contributed by atoms with E-state index in [-0.39, 0.29) is 13.1 Å². The first kappa shape index (κ1) is 24.5. The van der Waals surface area contributed by atoms with E-state index in [1.54, 1.807) is 72.9 Å². The zero-order valence-electron chi connectivity index (χ0n) is 15.8. The van der Waals surface area contributed by atoms with Gasteiger partial charge in [0.15, 0.2) is 0 Å². The molecule has 0 spiro atoms. The van der Waals surface area contributed by atoms with Gasteiger partial charge in [-0.15, -0.1) is 0 Å². The van der Waals surface area contributed by atoms with Crippen LogP contribution in [-0.2, 0) is 13.1 Å². The number of hydrogen-bond acceptors (Lipinski definition) is 6. The second-order valence-electron chi connectivity index (χ2n) is 5.70. The minimum atomic E-state index is 0.00694. The van der Waals surface area contributed by atoms with Gasteiger partial charge in [0.2, 0.25) is 12.4 Å². The second kappa shape index (κ2) is 12.8. The van der Waals surface area contributed by atoms with Crippen molar-refractivity contribution in [3.8, 4) is 0 Å². The summed E-state index contributed by atoms with van der Waals surface area (Å²) in [6.07, 6.45) is 25.2. The summed E-state index contributed by atoms with van der Waals surface area (Å²) in [7, 11) is 9.59. The Bertz CT molecular complexity index is 940. The van der Waals surface area contributed by atoms with E-state index >= 15 is 0 Å².